The van der Waals surface area contributed by atoms with Crippen LogP contribution in [-0.4, -0.2) is 28.1 Å². The number of carbonyl (C=O) groups is 2. The molecular weight excluding hydrogens is 404 g/mol. The summed E-state index contributed by atoms with van der Waals surface area (Å²) in [5.41, 5.74) is 1.71. The minimum absolute atomic E-state index is 0.0856. The summed E-state index contributed by atoms with van der Waals surface area (Å²) < 4.78 is 2.68. The first kappa shape index (κ1) is 17.4. The van der Waals surface area contributed by atoms with E-state index in [1.165, 1.54) is 11.3 Å². The van der Waals surface area contributed by atoms with E-state index in [-0.39, 0.29) is 18.4 Å². The second-order valence-corrected chi connectivity index (χ2v) is 7.70. The van der Waals surface area contributed by atoms with E-state index in [9.17, 15) is 9.59 Å². The molecule has 2 N–H and O–H groups in total. The van der Waals surface area contributed by atoms with Crippen molar-refractivity contribution in [3.63, 3.8) is 0 Å². The van der Waals surface area contributed by atoms with E-state index < -0.39 is 0 Å². The molecule has 0 aliphatic heterocycles. The van der Waals surface area contributed by atoms with Crippen molar-refractivity contribution in [1.29, 1.82) is 0 Å². The number of benzene rings is 1. The lowest BCUT2D eigenvalue weighted by atomic mass is 10.2. The van der Waals surface area contributed by atoms with Crippen LogP contribution in [0.2, 0.25) is 0 Å². The number of nitrogens with one attached hydrogen (secondary N) is 2. The van der Waals surface area contributed by atoms with Gasteiger partial charge in [-0.05, 0) is 51.8 Å². The van der Waals surface area contributed by atoms with Gasteiger partial charge in [0, 0.05) is 18.1 Å². The van der Waals surface area contributed by atoms with Crippen LogP contribution < -0.4 is 10.6 Å². The predicted octanol–water partition coefficient (Wildman–Crippen LogP) is 3.12. The zero-order valence-corrected chi connectivity index (χ0v) is 15.5. The zero-order valence-electron chi connectivity index (χ0n) is 13.1. The molecule has 2 aromatic heterocycles. The van der Waals surface area contributed by atoms with Crippen molar-refractivity contribution in [3.05, 3.63) is 69.1 Å². The summed E-state index contributed by atoms with van der Waals surface area (Å²) in [6.07, 6.45) is 3.60. The van der Waals surface area contributed by atoms with E-state index in [0.717, 1.165) is 9.35 Å². The highest BCUT2D eigenvalue weighted by Crippen LogP contribution is 2.21. The van der Waals surface area contributed by atoms with Gasteiger partial charge in [0.05, 0.1) is 21.8 Å². The maximum absolute atomic E-state index is 12.0. The van der Waals surface area contributed by atoms with Gasteiger partial charge in [-0.25, -0.2) is 0 Å². The van der Waals surface area contributed by atoms with Gasteiger partial charge >= 0.3 is 0 Å². The van der Waals surface area contributed by atoms with Crippen LogP contribution in [0, 0.1) is 0 Å². The molecule has 3 aromatic rings. The maximum atomic E-state index is 12.0. The Morgan fingerprint density at radius 3 is 2.80 bits per heavy atom. The summed E-state index contributed by atoms with van der Waals surface area (Å²) in [6.45, 7) is 0.540. The lowest BCUT2D eigenvalue weighted by molar-refractivity contribution is -0.115. The van der Waals surface area contributed by atoms with Gasteiger partial charge in [0.2, 0.25) is 5.91 Å². The number of amides is 2. The molecule has 0 radical (unpaired) electrons. The van der Waals surface area contributed by atoms with Gasteiger partial charge < -0.3 is 10.6 Å². The average Bonchev–Trinajstić information content (AvgIpc) is 3.25. The van der Waals surface area contributed by atoms with E-state index in [0.29, 0.717) is 17.1 Å². The first-order chi connectivity index (χ1) is 12.1. The van der Waals surface area contributed by atoms with Crippen LogP contribution in [0.15, 0.2) is 58.6 Å². The monoisotopic (exact) mass is 418 g/mol. The van der Waals surface area contributed by atoms with Crippen molar-refractivity contribution in [1.82, 2.24) is 15.1 Å². The topological polar surface area (TPSA) is 76.0 Å². The van der Waals surface area contributed by atoms with E-state index >= 15 is 0 Å². The smallest absolute Gasteiger partial charge is 0.261 e. The van der Waals surface area contributed by atoms with E-state index in [2.05, 4.69) is 31.7 Å². The molecule has 3 rings (SSSR count). The molecule has 2 heterocycles. The highest BCUT2D eigenvalue weighted by atomic mass is 79.9. The zero-order chi connectivity index (χ0) is 17.6. The third kappa shape index (κ3) is 5.01. The van der Waals surface area contributed by atoms with E-state index in [4.69, 9.17) is 0 Å². The van der Waals surface area contributed by atoms with Gasteiger partial charge in [-0.2, -0.15) is 5.10 Å². The largest absolute Gasteiger partial charge is 0.342 e. The lowest BCUT2D eigenvalue weighted by Gasteiger charge is -2.08. The van der Waals surface area contributed by atoms with Crippen molar-refractivity contribution in [2.24, 2.45) is 0 Å². The van der Waals surface area contributed by atoms with Crippen LogP contribution in [0.25, 0.3) is 0 Å². The van der Waals surface area contributed by atoms with Gasteiger partial charge in [0.15, 0.2) is 0 Å². The second-order valence-electron chi connectivity index (χ2n) is 5.24. The molecule has 128 valence electrons. The minimum Gasteiger partial charge on any atom is -0.342 e. The van der Waals surface area contributed by atoms with Crippen molar-refractivity contribution >= 4 is 44.8 Å². The van der Waals surface area contributed by atoms with Crippen LogP contribution in [-0.2, 0) is 11.3 Å². The fourth-order valence-corrected chi connectivity index (χ4v) is 3.52. The molecule has 1 aromatic carbocycles. The van der Waals surface area contributed by atoms with Crippen LogP contribution in [0.3, 0.4) is 0 Å². The molecule has 6 nitrogen and oxygen atoms in total. The van der Waals surface area contributed by atoms with Crippen molar-refractivity contribution in [3.8, 4) is 0 Å². The number of hydrogen-bond donors (Lipinski definition) is 2. The van der Waals surface area contributed by atoms with Crippen LogP contribution in [0.4, 0.5) is 5.69 Å². The standard InChI is InChI=1S/C17H15BrN4O2S/c18-15-6-5-14(25-15)17(24)19-10-16(23)21-13-4-1-3-12(9-13)11-22-8-2-7-20-22/h1-9H,10-11H2,(H,19,24)(H,21,23). The Hall–Kier alpha value is -2.45. The lowest BCUT2D eigenvalue weighted by Crippen LogP contribution is -2.32. The molecule has 0 saturated carbocycles. The highest BCUT2D eigenvalue weighted by Gasteiger charge is 2.10. The fourth-order valence-electron chi connectivity index (χ4n) is 2.22. The molecule has 25 heavy (non-hydrogen) atoms. The Labute approximate surface area is 157 Å². The quantitative estimate of drug-likeness (QED) is 0.645. The minimum atomic E-state index is -0.278. The Kier molecular flexibility index (Phi) is 5.62. The molecule has 8 heteroatoms. The molecule has 0 bridgehead atoms. The Morgan fingerprint density at radius 2 is 2.08 bits per heavy atom. The number of anilines is 1. The van der Waals surface area contributed by atoms with E-state index in [1.807, 2.05) is 36.5 Å². The van der Waals surface area contributed by atoms with Crippen LogP contribution >= 0.6 is 27.3 Å². The number of thiophene rings is 1. The summed E-state index contributed by atoms with van der Waals surface area (Å²) in [4.78, 5) is 24.5. The predicted molar refractivity (Wildman–Crippen MR) is 101 cm³/mol. The molecular formula is C17H15BrN4O2S. The Morgan fingerprint density at radius 1 is 1.20 bits per heavy atom. The number of carbonyl (C=O) groups excluding carboxylic acids is 2. The highest BCUT2D eigenvalue weighted by molar-refractivity contribution is 9.11. The average molecular weight is 419 g/mol. The molecule has 0 fully saturated rings. The summed E-state index contributed by atoms with van der Waals surface area (Å²) in [5, 5.41) is 9.55. The summed E-state index contributed by atoms with van der Waals surface area (Å²) in [7, 11) is 0. The normalized spacial score (nSPS) is 10.4. The number of aromatic nitrogens is 2. The van der Waals surface area contributed by atoms with Crippen LogP contribution in [0.5, 0.6) is 0 Å². The van der Waals surface area contributed by atoms with E-state index in [1.54, 1.807) is 23.0 Å². The first-order valence-corrected chi connectivity index (χ1v) is 9.11. The van der Waals surface area contributed by atoms with Gasteiger partial charge in [-0.1, -0.05) is 12.1 Å². The third-order valence-electron chi connectivity index (χ3n) is 3.32. The molecule has 0 spiro atoms. The summed E-state index contributed by atoms with van der Waals surface area (Å²) >= 11 is 4.63. The SMILES string of the molecule is O=C(CNC(=O)c1ccc(Br)s1)Nc1cccc(Cn2cccn2)c1. The molecule has 2 amide bonds. The summed E-state index contributed by atoms with van der Waals surface area (Å²) in [6, 6.07) is 12.9. The van der Waals surface area contributed by atoms with Gasteiger partial charge in [-0.3, -0.25) is 14.3 Å². The molecule has 0 unspecified atom stereocenters. The number of rotatable bonds is 6. The van der Waals surface area contributed by atoms with Crippen molar-refractivity contribution in [2.75, 3.05) is 11.9 Å². The molecule has 0 atom stereocenters. The number of hydrogen-bond acceptors (Lipinski definition) is 4. The van der Waals surface area contributed by atoms with Crippen molar-refractivity contribution < 1.29 is 9.59 Å². The molecule has 0 saturated heterocycles. The molecule has 0 aliphatic carbocycles. The summed E-state index contributed by atoms with van der Waals surface area (Å²) in [5.74, 6) is -0.543. The Bertz CT molecular complexity index is 876. The third-order valence-corrected chi connectivity index (χ3v) is 4.94. The maximum Gasteiger partial charge on any atom is 0.261 e. The number of halogens is 1. The second kappa shape index (κ2) is 8.09. The van der Waals surface area contributed by atoms with Crippen molar-refractivity contribution in [2.45, 2.75) is 6.54 Å². The first-order valence-electron chi connectivity index (χ1n) is 7.50. The fraction of sp³-hybridized carbons (Fsp3) is 0.118. The van der Waals surface area contributed by atoms with Gasteiger partial charge in [0.1, 0.15) is 0 Å². The van der Waals surface area contributed by atoms with Gasteiger partial charge in [0.25, 0.3) is 5.91 Å². The number of nitrogens with zero attached hydrogens (tertiary/aromatic N) is 2. The van der Waals surface area contributed by atoms with Gasteiger partial charge in [-0.15, -0.1) is 11.3 Å². The van der Waals surface area contributed by atoms with Crippen LogP contribution in [0.1, 0.15) is 15.2 Å². The Balaban J connectivity index is 1.53. The molecule has 0 aliphatic rings.